The highest BCUT2D eigenvalue weighted by molar-refractivity contribution is 6.67. The van der Waals surface area contributed by atoms with Crippen LogP contribution in [-0.2, 0) is 14.3 Å². The maximum absolute atomic E-state index is 12.3. The standard InChI is InChI=1S/C13H16Cl5NO3/c1-22-9-7-12(21)19(8(9)4-5-10(14)15)11(20)3-2-6-13(16,17)18/h7-8,10H,2-6H2,1H3. The Morgan fingerprint density at radius 2 is 2.05 bits per heavy atom. The van der Waals surface area contributed by atoms with Gasteiger partial charge in [0.1, 0.15) is 10.6 Å². The Morgan fingerprint density at radius 3 is 2.55 bits per heavy atom. The molecule has 0 saturated carbocycles. The third kappa shape index (κ3) is 6.32. The molecule has 4 nitrogen and oxygen atoms in total. The van der Waals surface area contributed by atoms with Gasteiger partial charge >= 0.3 is 0 Å². The molecule has 0 aromatic heterocycles. The summed E-state index contributed by atoms with van der Waals surface area (Å²) in [7, 11) is 1.45. The van der Waals surface area contributed by atoms with E-state index in [0.717, 1.165) is 4.90 Å². The van der Waals surface area contributed by atoms with Crippen molar-refractivity contribution in [2.75, 3.05) is 7.11 Å². The molecule has 2 amide bonds. The van der Waals surface area contributed by atoms with Crippen LogP contribution >= 0.6 is 58.0 Å². The molecule has 1 rings (SSSR count). The van der Waals surface area contributed by atoms with Crippen LogP contribution in [0.5, 0.6) is 0 Å². The van der Waals surface area contributed by atoms with Crippen molar-refractivity contribution in [1.82, 2.24) is 4.90 Å². The molecule has 0 aliphatic carbocycles. The molecule has 1 atom stereocenters. The third-order valence-electron chi connectivity index (χ3n) is 3.16. The Labute approximate surface area is 154 Å². The zero-order chi connectivity index (χ0) is 16.9. The number of methoxy groups -OCH3 is 1. The van der Waals surface area contributed by atoms with E-state index in [1.165, 1.54) is 13.2 Å². The molecule has 9 heteroatoms. The number of amides is 2. The lowest BCUT2D eigenvalue weighted by Gasteiger charge is -2.25. The first-order chi connectivity index (χ1) is 10.2. The Bertz CT molecular complexity index is 447. The van der Waals surface area contributed by atoms with Crippen molar-refractivity contribution >= 4 is 69.8 Å². The number of hydrogen-bond donors (Lipinski definition) is 0. The van der Waals surface area contributed by atoms with E-state index < -0.39 is 20.6 Å². The van der Waals surface area contributed by atoms with Crippen LogP contribution in [0, 0.1) is 0 Å². The average Bonchev–Trinajstić information content (AvgIpc) is 2.70. The molecule has 0 bridgehead atoms. The van der Waals surface area contributed by atoms with Crippen LogP contribution < -0.4 is 0 Å². The van der Waals surface area contributed by atoms with E-state index in [-0.39, 0.29) is 18.7 Å². The summed E-state index contributed by atoms with van der Waals surface area (Å²) < 4.78 is 3.75. The second kappa shape index (κ2) is 8.84. The van der Waals surface area contributed by atoms with E-state index >= 15 is 0 Å². The number of halogens is 5. The fourth-order valence-corrected chi connectivity index (χ4v) is 2.83. The number of alkyl halides is 5. The van der Waals surface area contributed by atoms with Crippen molar-refractivity contribution in [3.05, 3.63) is 11.8 Å². The minimum Gasteiger partial charge on any atom is -0.499 e. The molecule has 0 saturated heterocycles. The molecular weight excluding hydrogens is 395 g/mol. The van der Waals surface area contributed by atoms with Gasteiger partial charge in [0, 0.05) is 12.5 Å². The normalized spacial score (nSPS) is 18.9. The van der Waals surface area contributed by atoms with Crippen LogP contribution in [-0.4, -0.2) is 38.5 Å². The van der Waals surface area contributed by atoms with Crippen LogP contribution in [0.15, 0.2) is 11.8 Å². The molecule has 0 radical (unpaired) electrons. The molecule has 0 aromatic rings. The molecule has 0 aromatic carbocycles. The van der Waals surface area contributed by atoms with Crippen molar-refractivity contribution in [3.63, 3.8) is 0 Å². The summed E-state index contributed by atoms with van der Waals surface area (Å²) in [6, 6.07) is -0.488. The average molecular weight is 412 g/mol. The topological polar surface area (TPSA) is 46.6 Å². The van der Waals surface area contributed by atoms with Crippen LogP contribution in [0.25, 0.3) is 0 Å². The van der Waals surface area contributed by atoms with Crippen molar-refractivity contribution in [2.45, 2.75) is 46.8 Å². The fourth-order valence-electron chi connectivity index (χ4n) is 2.18. The molecule has 22 heavy (non-hydrogen) atoms. The molecule has 126 valence electrons. The molecule has 0 fully saturated rings. The van der Waals surface area contributed by atoms with Crippen molar-refractivity contribution in [1.29, 1.82) is 0 Å². The molecule has 1 aliphatic heterocycles. The monoisotopic (exact) mass is 409 g/mol. The number of hydrogen-bond acceptors (Lipinski definition) is 3. The Morgan fingerprint density at radius 1 is 1.41 bits per heavy atom. The van der Waals surface area contributed by atoms with E-state index in [9.17, 15) is 9.59 Å². The lowest BCUT2D eigenvalue weighted by Crippen LogP contribution is -2.40. The van der Waals surface area contributed by atoms with E-state index in [4.69, 9.17) is 62.7 Å². The fraction of sp³-hybridized carbons (Fsp3) is 0.692. The number of nitrogens with zero attached hydrogens (tertiary/aromatic N) is 1. The first-order valence-corrected chi connectivity index (χ1v) is 8.63. The van der Waals surface area contributed by atoms with Gasteiger partial charge in [0.15, 0.2) is 3.79 Å². The first-order valence-electron chi connectivity index (χ1n) is 6.62. The van der Waals surface area contributed by atoms with Crippen molar-refractivity contribution in [3.8, 4) is 0 Å². The van der Waals surface area contributed by atoms with Gasteiger partial charge in [0.2, 0.25) is 5.91 Å². The quantitative estimate of drug-likeness (QED) is 0.584. The van der Waals surface area contributed by atoms with Crippen LogP contribution in [0.1, 0.15) is 32.1 Å². The van der Waals surface area contributed by atoms with Crippen LogP contribution in [0.4, 0.5) is 0 Å². The Kier molecular flexibility index (Phi) is 8.10. The zero-order valence-corrected chi connectivity index (χ0v) is 15.6. The summed E-state index contributed by atoms with van der Waals surface area (Å²) in [5.41, 5.74) is 0. The van der Waals surface area contributed by atoms with Gasteiger partial charge in [-0.05, 0) is 25.7 Å². The van der Waals surface area contributed by atoms with Crippen LogP contribution in [0.2, 0.25) is 0 Å². The summed E-state index contributed by atoms with van der Waals surface area (Å²) in [6.07, 6.45) is 2.86. The van der Waals surface area contributed by atoms with Gasteiger partial charge in [0.25, 0.3) is 5.91 Å². The number of carbonyl (C=O) groups excluding carboxylic acids is 2. The van der Waals surface area contributed by atoms with Crippen molar-refractivity contribution in [2.24, 2.45) is 0 Å². The summed E-state index contributed by atoms with van der Waals surface area (Å²) >= 11 is 28.4. The summed E-state index contributed by atoms with van der Waals surface area (Å²) in [4.78, 5) is 24.9. The summed E-state index contributed by atoms with van der Waals surface area (Å²) in [6.45, 7) is 0. The first kappa shape index (κ1) is 20.2. The van der Waals surface area contributed by atoms with Gasteiger partial charge in [-0.3, -0.25) is 14.5 Å². The van der Waals surface area contributed by atoms with Crippen LogP contribution in [0.3, 0.4) is 0 Å². The number of rotatable bonds is 7. The lowest BCUT2D eigenvalue weighted by molar-refractivity contribution is -0.143. The highest BCUT2D eigenvalue weighted by Crippen LogP contribution is 2.32. The molecule has 1 aliphatic rings. The van der Waals surface area contributed by atoms with Gasteiger partial charge in [-0.1, -0.05) is 34.8 Å². The number of imide groups is 1. The minimum absolute atomic E-state index is 0.103. The molecule has 1 heterocycles. The smallest absolute Gasteiger partial charge is 0.257 e. The number of carbonyl (C=O) groups is 2. The molecule has 0 spiro atoms. The SMILES string of the molecule is COC1=CC(=O)N(C(=O)CCCC(Cl)(Cl)Cl)C1CCC(Cl)Cl. The highest BCUT2D eigenvalue weighted by Gasteiger charge is 2.38. The van der Waals surface area contributed by atoms with Gasteiger partial charge in [0.05, 0.1) is 13.2 Å². The predicted octanol–water partition coefficient (Wildman–Crippen LogP) is 4.38. The van der Waals surface area contributed by atoms with Crippen molar-refractivity contribution < 1.29 is 14.3 Å². The van der Waals surface area contributed by atoms with E-state index in [2.05, 4.69) is 0 Å². The second-order valence-corrected chi connectivity index (χ2v) is 8.60. The van der Waals surface area contributed by atoms with E-state index in [0.29, 0.717) is 25.0 Å². The predicted molar refractivity (Wildman–Crippen MR) is 89.6 cm³/mol. The molecule has 0 N–H and O–H groups in total. The van der Waals surface area contributed by atoms with Gasteiger partial charge in [-0.25, -0.2) is 0 Å². The summed E-state index contributed by atoms with van der Waals surface area (Å²) in [5.74, 6) is -0.330. The second-order valence-electron chi connectivity index (χ2n) is 4.81. The third-order valence-corrected chi connectivity index (χ3v) is 4.16. The Hall–Kier alpha value is 0.130. The lowest BCUT2D eigenvalue weighted by atomic mass is 10.1. The van der Waals surface area contributed by atoms with Gasteiger partial charge < -0.3 is 4.74 Å². The highest BCUT2D eigenvalue weighted by atomic mass is 35.6. The van der Waals surface area contributed by atoms with E-state index in [1.54, 1.807) is 0 Å². The van der Waals surface area contributed by atoms with Gasteiger partial charge in [-0.15, -0.1) is 23.2 Å². The maximum Gasteiger partial charge on any atom is 0.257 e. The van der Waals surface area contributed by atoms with Gasteiger partial charge in [-0.2, -0.15) is 0 Å². The minimum atomic E-state index is -1.41. The van der Waals surface area contributed by atoms with E-state index in [1.807, 2.05) is 0 Å². The number of ether oxygens (including phenoxy) is 1. The molecular formula is C13H16Cl5NO3. The Balaban J connectivity index is 2.68. The summed E-state index contributed by atoms with van der Waals surface area (Å²) in [5, 5.41) is 0. The maximum atomic E-state index is 12.3. The zero-order valence-electron chi connectivity index (χ0n) is 11.8. The largest absolute Gasteiger partial charge is 0.499 e. The molecule has 1 unspecified atom stereocenters.